The van der Waals surface area contributed by atoms with E-state index in [0.717, 1.165) is 36.3 Å². The van der Waals surface area contributed by atoms with Gasteiger partial charge in [-0.2, -0.15) is 0 Å². The van der Waals surface area contributed by atoms with Crippen LogP contribution in [0.4, 0.5) is 0 Å². The standard InChI is InChI=1S/C23H36O3/c1-7-8-9-10-17-14-20(25-5)22(21(15-17)26-6)18-13-16(2)11-12-19(18)23(3,4)24/h11,14-15,18-19,24H,7-10,12-13H2,1-6H3/t18-,19-/m1/s1. The molecule has 0 heterocycles. The van der Waals surface area contributed by atoms with Gasteiger partial charge in [0.15, 0.2) is 0 Å². The Kier molecular flexibility index (Phi) is 7.16. The summed E-state index contributed by atoms with van der Waals surface area (Å²) in [5, 5.41) is 10.8. The zero-order valence-corrected chi connectivity index (χ0v) is 17.4. The molecule has 0 bridgehead atoms. The summed E-state index contributed by atoms with van der Waals surface area (Å²) in [7, 11) is 3.47. The van der Waals surface area contributed by atoms with Gasteiger partial charge in [0.05, 0.1) is 19.8 Å². The van der Waals surface area contributed by atoms with Crippen LogP contribution in [0.3, 0.4) is 0 Å². The van der Waals surface area contributed by atoms with Crippen LogP contribution in [0.5, 0.6) is 11.5 Å². The van der Waals surface area contributed by atoms with Crippen LogP contribution in [0.2, 0.25) is 0 Å². The third kappa shape index (κ3) is 4.82. The summed E-state index contributed by atoms with van der Waals surface area (Å²) >= 11 is 0. The molecule has 0 aliphatic heterocycles. The first kappa shape index (κ1) is 20.8. The SMILES string of the molecule is CCCCCc1cc(OC)c([C@@H]2CC(C)=CC[C@H]2C(C)(C)O)c(OC)c1. The second-order valence-corrected chi connectivity index (χ2v) is 8.23. The van der Waals surface area contributed by atoms with E-state index in [1.165, 1.54) is 30.4 Å². The molecule has 1 aliphatic rings. The first-order chi connectivity index (χ1) is 12.3. The van der Waals surface area contributed by atoms with E-state index in [1.54, 1.807) is 14.2 Å². The Bertz CT molecular complexity index is 600. The third-order valence-corrected chi connectivity index (χ3v) is 5.70. The number of benzene rings is 1. The fourth-order valence-corrected chi connectivity index (χ4v) is 4.23. The lowest BCUT2D eigenvalue weighted by Gasteiger charge is -2.39. The van der Waals surface area contributed by atoms with E-state index in [0.29, 0.717) is 0 Å². The number of unbranched alkanes of at least 4 members (excludes halogenated alkanes) is 2. The number of rotatable bonds is 8. The maximum absolute atomic E-state index is 10.8. The normalized spacial score (nSPS) is 20.7. The van der Waals surface area contributed by atoms with Crippen molar-refractivity contribution in [2.75, 3.05) is 14.2 Å². The van der Waals surface area contributed by atoms with Crippen LogP contribution < -0.4 is 9.47 Å². The molecule has 2 rings (SSSR count). The number of allylic oxidation sites excluding steroid dienone is 2. The molecule has 1 aliphatic carbocycles. The van der Waals surface area contributed by atoms with E-state index in [4.69, 9.17) is 9.47 Å². The van der Waals surface area contributed by atoms with Crippen molar-refractivity contribution in [2.24, 2.45) is 5.92 Å². The lowest BCUT2D eigenvalue weighted by Crippen LogP contribution is -2.37. The van der Waals surface area contributed by atoms with Gasteiger partial charge >= 0.3 is 0 Å². The highest BCUT2D eigenvalue weighted by molar-refractivity contribution is 5.51. The molecule has 0 amide bonds. The van der Waals surface area contributed by atoms with Gasteiger partial charge in [-0.15, -0.1) is 0 Å². The Morgan fingerprint density at radius 1 is 1.12 bits per heavy atom. The second-order valence-electron chi connectivity index (χ2n) is 8.23. The van der Waals surface area contributed by atoms with Crippen molar-refractivity contribution < 1.29 is 14.6 Å². The average Bonchev–Trinajstić information content (AvgIpc) is 2.59. The zero-order valence-electron chi connectivity index (χ0n) is 17.4. The van der Waals surface area contributed by atoms with Crippen LogP contribution in [0.25, 0.3) is 0 Å². The predicted molar refractivity (Wildman–Crippen MR) is 108 cm³/mol. The number of aliphatic hydroxyl groups is 1. The second kappa shape index (κ2) is 8.94. The lowest BCUT2D eigenvalue weighted by molar-refractivity contribution is 0.00267. The van der Waals surface area contributed by atoms with Gasteiger partial charge in [0.25, 0.3) is 0 Å². The minimum atomic E-state index is -0.752. The Hall–Kier alpha value is -1.48. The molecular weight excluding hydrogens is 324 g/mol. The number of methoxy groups -OCH3 is 2. The highest BCUT2D eigenvalue weighted by Crippen LogP contribution is 2.49. The lowest BCUT2D eigenvalue weighted by atomic mass is 9.69. The summed E-state index contributed by atoms with van der Waals surface area (Å²) in [4.78, 5) is 0. The molecule has 0 saturated carbocycles. The van der Waals surface area contributed by atoms with Crippen LogP contribution in [0.15, 0.2) is 23.8 Å². The molecule has 0 spiro atoms. The van der Waals surface area contributed by atoms with Crippen molar-refractivity contribution in [3.63, 3.8) is 0 Å². The molecule has 1 N–H and O–H groups in total. The fourth-order valence-electron chi connectivity index (χ4n) is 4.23. The van der Waals surface area contributed by atoms with Crippen molar-refractivity contribution in [1.82, 2.24) is 0 Å². The van der Waals surface area contributed by atoms with Crippen LogP contribution >= 0.6 is 0 Å². The first-order valence-electron chi connectivity index (χ1n) is 9.94. The topological polar surface area (TPSA) is 38.7 Å². The molecule has 1 aromatic carbocycles. The molecule has 146 valence electrons. The fraction of sp³-hybridized carbons (Fsp3) is 0.652. The number of hydrogen-bond donors (Lipinski definition) is 1. The Morgan fingerprint density at radius 3 is 2.23 bits per heavy atom. The number of ether oxygens (including phenoxy) is 2. The van der Waals surface area contributed by atoms with E-state index in [2.05, 4.69) is 32.1 Å². The molecule has 2 atom stereocenters. The van der Waals surface area contributed by atoms with E-state index in [1.807, 2.05) is 13.8 Å². The van der Waals surface area contributed by atoms with Crippen LogP contribution in [-0.2, 0) is 6.42 Å². The Balaban J connectivity index is 2.47. The van der Waals surface area contributed by atoms with Gasteiger partial charge in [0.2, 0.25) is 0 Å². The molecule has 1 aromatic rings. The molecule has 0 aromatic heterocycles. The van der Waals surface area contributed by atoms with Crippen LogP contribution in [0, 0.1) is 5.92 Å². The molecule has 26 heavy (non-hydrogen) atoms. The van der Waals surface area contributed by atoms with Crippen molar-refractivity contribution in [3.05, 3.63) is 34.9 Å². The molecule has 0 fully saturated rings. The van der Waals surface area contributed by atoms with Gasteiger partial charge in [-0.3, -0.25) is 0 Å². The van der Waals surface area contributed by atoms with Crippen LogP contribution in [0.1, 0.15) is 76.8 Å². The monoisotopic (exact) mass is 360 g/mol. The zero-order chi connectivity index (χ0) is 19.3. The summed E-state index contributed by atoms with van der Waals surface area (Å²) in [6, 6.07) is 4.34. The van der Waals surface area contributed by atoms with E-state index >= 15 is 0 Å². The maximum atomic E-state index is 10.8. The van der Waals surface area contributed by atoms with E-state index in [-0.39, 0.29) is 11.8 Å². The minimum Gasteiger partial charge on any atom is -0.496 e. The average molecular weight is 361 g/mol. The van der Waals surface area contributed by atoms with Crippen molar-refractivity contribution >= 4 is 0 Å². The Labute approximate surface area is 159 Å². The predicted octanol–water partition coefficient (Wildman–Crippen LogP) is 5.65. The molecule has 0 saturated heterocycles. The summed E-state index contributed by atoms with van der Waals surface area (Å²) in [5.41, 5.74) is 2.98. The van der Waals surface area contributed by atoms with Crippen LogP contribution in [-0.4, -0.2) is 24.9 Å². The maximum Gasteiger partial charge on any atom is 0.126 e. The summed E-state index contributed by atoms with van der Waals surface area (Å²) < 4.78 is 11.6. The molecule has 3 heteroatoms. The number of aryl methyl sites for hydroxylation is 1. The molecule has 0 unspecified atom stereocenters. The van der Waals surface area contributed by atoms with Gasteiger partial charge in [0, 0.05) is 11.5 Å². The highest BCUT2D eigenvalue weighted by Gasteiger charge is 2.39. The summed E-state index contributed by atoms with van der Waals surface area (Å²) in [6.45, 7) is 8.22. The first-order valence-corrected chi connectivity index (χ1v) is 9.94. The third-order valence-electron chi connectivity index (χ3n) is 5.70. The van der Waals surface area contributed by atoms with Gasteiger partial charge in [-0.05, 0) is 70.1 Å². The quantitative estimate of drug-likeness (QED) is 0.481. The number of hydrogen-bond acceptors (Lipinski definition) is 3. The van der Waals surface area contributed by atoms with Gasteiger partial charge < -0.3 is 14.6 Å². The van der Waals surface area contributed by atoms with Crippen molar-refractivity contribution in [1.29, 1.82) is 0 Å². The van der Waals surface area contributed by atoms with Gasteiger partial charge in [0.1, 0.15) is 11.5 Å². The van der Waals surface area contributed by atoms with E-state index in [9.17, 15) is 5.11 Å². The largest absolute Gasteiger partial charge is 0.496 e. The summed E-state index contributed by atoms with van der Waals surface area (Å²) in [5.74, 6) is 2.11. The summed E-state index contributed by atoms with van der Waals surface area (Å²) in [6.07, 6.45) is 8.74. The minimum absolute atomic E-state index is 0.139. The smallest absolute Gasteiger partial charge is 0.126 e. The van der Waals surface area contributed by atoms with E-state index < -0.39 is 5.60 Å². The van der Waals surface area contributed by atoms with Crippen molar-refractivity contribution in [2.45, 2.75) is 77.7 Å². The molecule has 0 radical (unpaired) electrons. The van der Waals surface area contributed by atoms with Crippen molar-refractivity contribution in [3.8, 4) is 11.5 Å². The van der Waals surface area contributed by atoms with Gasteiger partial charge in [-0.25, -0.2) is 0 Å². The van der Waals surface area contributed by atoms with Gasteiger partial charge in [-0.1, -0.05) is 31.4 Å². The molecule has 3 nitrogen and oxygen atoms in total. The molecular formula is C23H36O3. The highest BCUT2D eigenvalue weighted by atomic mass is 16.5. The Morgan fingerprint density at radius 2 is 1.73 bits per heavy atom.